The second-order valence-electron chi connectivity index (χ2n) is 3.49. The number of rotatable bonds is 3. The van der Waals surface area contributed by atoms with E-state index in [2.05, 4.69) is 10.6 Å². The molecule has 2 rings (SSSR count). The van der Waals surface area contributed by atoms with Gasteiger partial charge in [-0.3, -0.25) is 9.59 Å². The maximum atomic E-state index is 11.4. The van der Waals surface area contributed by atoms with E-state index >= 15 is 0 Å². The van der Waals surface area contributed by atoms with Crippen LogP contribution in [-0.2, 0) is 4.79 Å². The molecule has 1 aromatic heterocycles. The van der Waals surface area contributed by atoms with Gasteiger partial charge in [-0.1, -0.05) is 0 Å². The normalized spacial score (nSPS) is 20.0. The van der Waals surface area contributed by atoms with Crippen molar-refractivity contribution in [3.63, 3.8) is 0 Å². The average Bonchev–Trinajstić information content (AvgIpc) is 2.84. The molecule has 0 radical (unpaired) electrons. The number of carbonyl (C=O) groups is 2. The van der Waals surface area contributed by atoms with Crippen LogP contribution in [-0.4, -0.2) is 24.4 Å². The van der Waals surface area contributed by atoms with Crippen molar-refractivity contribution in [3.05, 3.63) is 24.2 Å². The quantitative estimate of drug-likeness (QED) is 0.749. The highest BCUT2D eigenvalue weighted by Crippen LogP contribution is 2.05. The Morgan fingerprint density at radius 2 is 2.53 bits per heavy atom. The van der Waals surface area contributed by atoms with E-state index in [-0.39, 0.29) is 17.9 Å². The van der Waals surface area contributed by atoms with Crippen LogP contribution in [0.15, 0.2) is 22.8 Å². The molecule has 1 fully saturated rings. The van der Waals surface area contributed by atoms with Crippen molar-refractivity contribution in [1.82, 2.24) is 10.6 Å². The third kappa shape index (κ3) is 2.37. The van der Waals surface area contributed by atoms with Gasteiger partial charge in [-0.05, 0) is 18.6 Å². The molecular weight excluding hydrogens is 196 g/mol. The Morgan fingerprint density at radius 1 is 1.67 bits per heavy atom. The third-order valence-electron chi connectivity index (χ3n) is 2.34. The van der Waals surface area contributed by atoms with E-state index in [1.54, 1.807) is 12.1 Å². The molecule has 80 valence electrons. The predicted octanol–water partition coefficient (Wildman–Crippen LogP) is 0.288. The highest BCUT2D eigenvalue weighted by molar-refractivity contribution is 5.91. The summed E-state index contributed by atoms with van der Waals surface area (Å²) < 4.78 is 4.93. The van der Waals surface area contributed by atoms with Crippen LogP contribution in [0.2, 0.25) is 0 Å². The van der Waals surface area contributed by atoms with Gasteiger partial charge < -0.3 is 15.1 Å². The Morgan fingerprint density at radius 3 is 3.13 bits per heavy atom. The highest BCUT2D eigenvalue weighted by atomic mass is 16.3. The van der Waals surface area contributed by atoms with Gasteiger partial charge in [0, 0.05) is 19.0 Å². The number of carbonyl (C=O) groups excluding carboxylic acids is 2. The average molecular weight is 208 g/mol. The maximum absolute atomic E-state index is 11.4. The third-order valence-corrected chi connectivity index (χ3v) is 2.34. The monoisotopic (exact) mass is 208 g/mol. The molecule has 2 N–H and O–H groups in total. The highest BCUT2D eigenvalue weighted by Gasteiger charge is 2.21. The van der Waals surface area contributed by atoms with Crippen LogP contribution in [0.4, 0.5) is 0 Å². The van der Waals surface area contributed by atoms with Gasteiger partial charge in [0.05, 0.1) is 6.26 Å². The van der Waals surface area contributed by atoms with E-state index in [1.165, 1.54) is 6.26 Å². The minimum absolute atomic E-state index is 0.0484. The van der Waals surface area contributed by atoms with Gasteiger partial charge >= 0.3 is 0 Å². The second-order valence-corrected chi connectivity index (χ2v) is 3.49. The van der Waals surface area contributed by atoms with Crippen molar-refractivity contribution >= 4 is 11.8 Å². The van der Waals surface area contributed by atoms with Crippen LogP contribution < -0.4 is 10.6 Å². The van der Waals surface area contributed by atoms with Crippen LogP contribution in [0, 0.1) is 0 Å². The van der Waals surface area contributed by atoms with Crippen molar-refractivity contribution in [2.75, 3.05) is 6.54 Å². The van der Waals surface area contributed by atoms with Gasteiger partial charge in [0.2, 0.25) is 5.91 Å². The van der Waals surface area contributed by atoms with E-state index in [1.807, 2.05) is 0 Å². The zero-order valence-electron chi connectivity index (χ0n) is 8.16. The summed E-state index contributed by atoms with van der Waals surface area (Å²) in [5.74, 6) is 0.0905. The van der Waals surface area contributed by atoms with Gasteiger partial charge in [0.15, 0.2) is 5.76 Å². The van der Waals surface area contributed by atoms with Crippen molar-refractivity contribution < 1.29 is 14.0 Å². The molecule has 0 bridgehead atoms. The summed E-state index contributed by atoms with van der Waals surface area (Å²) in [5.41, 5.74) is 0. The lowest BCUT2D eigenvalue weighted by molar-refractivity contribution is -0.119. The van der Waals surface area contributed by atoms with E-state index in [4.69, 9.17) is 4.42 Å². The molecule has 2 amide bonds. The van der Waals surface area contributed by atoms with Gasteiger partial charge in [-0.25, -0.2) is 0 Å². The van der Waals surface area contributed by atoms with E-state index in [0.29, 0.717) is 18.7 Å². The summed E-state index contributed by atoms with van der Waals surface area (Å²) in [5, 5.41) is 5.47. The molecule has 0 spiro atoms. The first-order valence-corrected chi connectivity index (χ1v) is 4.87. The lowest BCUT2D eigenvalue weighted by atomic mass is 10.2. The molecule has 1 aliphatic rings. The molecule has 1 aromatic rings. The maximum Gasteiger partial charge on any atom is 0.287 e. The number of hydrogen-bond donors (Lipinski definition) is 2. The minimum Gasteiger partial charge on any atom is -0.459 e. The SMILES string of the molecule is O=C1CCC(CNC(=O)c2ccco2)N1. The van der Waals surface area contributed by atoms with Crippen molar-refractivity contribution in [2.24, 2.45) is 0 Å². The van der Waals surface area contributed by atoms with Crippen LogP contribution >= 0.6 is 0 Å². The number of hydrogen-bond acceptors (Lipinski definition) is 3. The summed E-state index contributed by atoms with van der Waals surface area (Å²) in [7, 11) is 0. The fourth-order valence-corrected chi connectivity index (χ4v) is 1.54. The summed E-state index contributed by atoms with van der Waals surface area (Å²) in [6.45, 7) is 0.450. The van der Waals surface area contributed by atoms with Crippen LogP contribution in [0.25, 0.3) is 0 Å². The molecule has 0 saturated carbocycles. The predicted molar refractivity (Wildman–Crippen MR) is 52.2 cm³/mol. The Hall–Kier alpha value is -1.78. The minimum atomic E-state index is -0.249. The van der Waals surface area contributed by atoms with Gasteiger partial charge in [-0.2, -0.15) is 0 Å². The Balaban J connectivity index is 1.79. The van der Waals surface area contributed by atoms with Crippen molar-refractivity contribution in [2.45, 2.75) is 18.9 Å². The fraction of sp³-hybridized carbons (Fsp3) is 0.400. The Bertz CT molecular complexity index is 359. The zero-order valence-corrected chi connectivity index (χ0v) is 8.16. The van der Waals surface area contributed by atoms with E-state index < -0.39 is 0 Å². The molecule has 5 nitrogen and oxygen atoms in total. The molecule has 5 heteroatoms. The largest absolute Gasteiger partial charge is 0.459 e. The summed E-state index contributed by atoms with van der Waals surface area (Å²) >= 11 is 0. The number of amides is 2. The molecule has 15 heavy (non-hydrogen) atoms. The lowest BCUT2D eigenvalue weighted by Crippen LogP contribution is -2.38. The first kappa shape index (κ1) is 9.76. The molecule has 1 saturated heterocycles. The van der Waals surface area contributed by atoms with Crippen molar-refractivity contribution in [1.29, 1.82) is 0 Å². The molecule has 1 aliphatic heterocycles. The summed E-state index contributed by atoms with van der Waals surface area (Å²) in [4.78, 5) is 22.3. The molecular formula is C10H12N2O3. The molecule has 1 atom stereocenters. The van der Waals surface area contributed by atoms with Crippen LogP contribution in [0.1, 0.15) is 23.4 Å². The van der Waals surface area contributed by atoms with Crippen LogP contribution in [0.3, 0.4) is 0 Å². The molecule has 1 unspecified atom stereocenters. The van der Waals surface area contributed by atoms with E-state index in [0.717, 1.165) is 6.42 Å². The second kappa shape index (κ2) is 4.16. The topological polar surface area (TPSA) is 71.3 Å². The summed E-state index contributed by atoms with van der Waals surface area (Å²) in [6, 6.07) is 3.31. The lowest BCUT2D eigenvalue weighted by Gasteiger charge is -2.09. The van der Waals surface area contributed by atoms with Gasteiger partial charge in [0.25, 0.3) is 5.91 Å². The van der Waals surface area contributed by atoms with Crippen molar-refractivity contribution in [3.8, 4) is 0 Å². The molecule has 0 aromatic carbocycles. The van der Waals surface area contributed by atoms with Crippen LogP contribution in [0.5, 0.6) is 0 Å². The molecule has 2 heterocycles. The molecule has 0 aliphatic carbocycles. The smallest absolute Gasteiger partial charge is 0.287 e. The Kier molecular flexibility index (Phi) is 2.71. The number of nitrogens with one attached hydrogen (secondary N) is 2. The standard InChI is InChI=1S/C10H12N2O3/c13-9-4-3-7(12-9)6-11-10(14)8-2-1-5-15-8/h1-2,5,7H,3-4,6H2,(H,11,14)(H,12,13). The first-order chi connectivity index (χ1) is 7.25. The first-order valence-electron chi connectivity index (χ1n) is 4.87. The fourth-order valence-electron chi connectivity index (χ4n) is 1.54. The summed E-state index contributed by atoms with van der Waals surface area (Å²) in [6.07, 6.45) is 2.77. The van der Waals surface area contributed by atoms with Gasteiger partial charge in [0.1, 0.15) is 0 Å². The van der Waals surface area contributed by atoms with Gasteiger partial charge in [-0.15, -0.1) is 0 Å². The van der Waals surface area contributed by atoms with E-state index in [9.17, 15) is 9.59 Å². The number of furan rings is 1. The zero-order chi connectivity index (χ0) is 10.7. The Labute approximate surface area is 86.8 Å².